The molecule has 544 valence electrons. The Bertz CT molecular complexity index is 2810. The number of nitrogens with zero attached hydrogens (tertiary/aromatic N) is 2. The van der Waals surface area contributed by atoms with Gasteiger partial charge in [0.2, 0.25) is 70.9 Å². The zero-order valence-electron chi connectivity index (χ0n) is 59.8. The summed E-state index contributed by atoms with van der Waals surface area (Å²) < 4.78 is 0. The van der Waals surface area contributed by atoms with E-state index in [9.17, 15) is 47.9 Å². The van der Waals surface area contributed by atoms with Crippen LogP contribution in [-0.4, -0.2) is 179 Å². The highest BCUT2D eigenvalue weighted by Gasteiger charge is 2.44. The van der Waals surface area contributed by atoms with Gasteiger partial charge in [0, 0.05) is 25.9 Å². The van der Waals surface area contributed by atoms with E-state index in [1.165, 1.54) is 9.80 Å². The van der Waals surface area contributed by atoms with Crippen LogP contribution in [0.15, 0.2) is 60.7 Å². The first kappa shape index (κ1) is 80.7. The molecule has 3 aliphatic heterocycles. The molecule has 2 aromatic rings. The first-order valence-corrected chi connectivity index (χ1v) is 35.6. The summed E-state index contributed by atoms with van der Waals surface area (Å²) in [5.41, 5.74) is 13.3. The third-order valence-corrected chi connectivity index (χ3v) is 18.0. The molecule has 0 aromatic heterocycles. The molecular formula is C72H114N14O12. The summed E-state index contributed by atoms with van der Waals surface area (Å²) in [6.45, 7) is 22.2. The largest absolute Gasteiger partial charge is 0.343 e. The maximum Gasteiger partial charge on any atom is 0.246 e. The minimum Gasteiger partial charge on any atom is -0.343 e. The molecule has 3 heterocycles. The van der Waals surface area contributed by atoms with Gasteiger partial charge in [-0.2, -0.15) is 0 Å². The van der Waals surface area contributed by atoms with Gasteiger partial charge in [0.1, 0.15) is 72.5 Å². The Morgan fingerprint density at radius 3 is 0.878 bits per heavy atom. The first-order valence-electron chi connectivity index (χ1n) is 35.6. The van der Waals surface area contributed by atoms with E-state index in [-0.39, 0.29) is 127 Å². The normalized spacial score (nSPS) is 26.4. The Kier molecular flexibility index (Phi) is 32.6. The van der Waals surface area contributed by atoms with Crippen molar-refractivity contribution in [1.82, 2.24) is 63.0 Å². The molecule has 12 atom stereocenters. The van der Waals surface area contributed by atoms with Crippen LogP contribution in [-0.2, 0) is 70.4 Å². The van der Waals surface area contributed by atoms with E-state index in [4.69, 9.17) is 11.5 Å². The van der Waals surface area contributed by atoms with Crippen LogP contribution in [0.1, 0.15) is 171 Å². The predicted octanol–water partition coefficient (Wildman–Crippen LogP) is 2.29. The lowest BCUT2D eigenvalue weighted by Crippen LogP contribution is -2.62. The maximum atomic E-state index is 15.1. The molecule has 0 saturated carbocycles. The zero-order chi connectivity index (χ0) is 72.5. The Hall–Kier alpha value is -8.00. The van der Waals surface area contributed by atoms with Crippen molar-refractivity contribution in [2.75, 3.05) is 26.2 Å². The van der Waals surface area contributed by atoms with E-state index in [1.54, 1.807) is 88.4 Å². The molecular weight excluding hydrogens is 1250 g/mol. The number of hydrogen-bond donors (Lipinski definition) is 12. The van der Waals surface area contributed by atoms with Gasteiger partial charge in [0.05, 0.1) is 0 Å². The van der Waals surface area contributed by atoms with Gasteiger partial charge in [-0.05, 0) is 137 Å². The van der Waals surface area contributed by atoms with Crippen LogP contribution in [0.2, 0.25) is 0 Å². The molecule has 14 N–H and O–H groups in total. The van der Waals surface area contributed by atoms with Crippen LogP contribution < -0.4 is 64.6 Å². The number of nitrogens with one attached hydrogen (secondary N) is 10. The van der Waals surface area contributed by atoms with Gasteiger partial charge in [-0.25, -0.2) is 0 Å². The number of fused-ring (bicyclic) bond motifs is 2. The number of carbonyl (C=O) groups excluding carboxylic acids is 12. The summed E-state index contributed by atoms with van der Waals surface area (Å²) in [5, 5.41) is 28.6. The second-order valence-electron chi connectivity index (χ2n) is 29.1. The fraction of sp³-hybridized carbons (Fsp3) is 0.667. The highest BCUT2D eigenvalue weighted by Crippen LogP contribution is 2.24. The van der Waals surface area contributed by atoms with Crippen molar-refractivity contribution in [2.24, 2.45) is 47.0 Å². The zero-order valence-corrected chi connectivity index (χ0v) is 59.8. The van der Waals surface area contributed by atoms with Crippen LogP contribution in [0.5, 0.6) is 0 Å². The van der Waals surface area contributed by atoms with E-state index in [2.05, 4.69) is 53.2 Å². The second kappa shape index (κ2) is 39.6. The summed E-state index contributed by atoms with van der Waals surface area (Å²) in [6, 6.07) is 3.26. The number of hydrogen-bond acceptors (Lipinski definition) is 14. The fourth-order valence-corrected chi connectivity index (χ4v) is 12.8. The van der Waals surface area contributed by atoms with E-state index >= 15 is 9.59 Å². The molecule has 0 bridgehead atoms. The molecule has 5 rings (SSSR count). The number of nitrogens with two attached hydrogens (primary N) is 2. The average Bonchev–Trinajstić information content (AvgIpc) is 1.61. The van der Waals surface area contributed by atoms with Gasteiger partial charge < -0.3 is 74.4 Å². The number of rotatable bonds is 20. The van der Waals surface area contributed by atoms with E-state index in [1.807, 2.05) is 55.4 Å². The number of carbonyl (C=O) groups is 12. The topological polar surface area (TPSA) is 384 Å². The SMILES string of the molecule is CC(C)C[C@@H]1NC(=O)[C@H](CCCN)NC(=O)[C@H](C(C)C)NC(=O)[C@@H]2CCCN2C(=O)[C@@H](Cc2ccccc2)NC(=O)[C@@H](CC(C)C)NC(=O)[C@H](CC(C)C)NC(=O)[C@H](CCCN)NC(=O)[C@H](C(C)C)NC(=O)[C@@H]2CCCN2C(=O)[C@@H](Cc2ccccc2)NC(=O)[C@@H](CC(C)C)NC1=O. The highest BCUT2D eigenvalue weighted by atomic mass is 16.2. The van der Waals surface area contributed by atoms with Crippen LogP contribution in [0.3, 0.4) is 0 Å². The second-order valence-corrected chi connectivity index (χ2v) is 29.1. The standard InChI is InChI=1S/C72H114N14O12/c1-41(2)35-51-63(89)79-53(37-43(5)6)65(91)81-55(39-47-23-15-13-16-24-47)71(97)85-33-21-30-58(85)68(94)84-60(46(11)12)70(96)76-50(28-20-32-74)62(88)78-52(36-42(3)4)64(90)80-54(38-44(7)8)66(92)82-56(40-48-25-17-14-18-26-48)72(98)86-34-22-29-57(86)67(93)83-59(45(9)10)69(95)75-49(27-19-31-73)61(87)77-51/h13-18,23-26,41-46,49-60H,19-22,27-40,73-74H2,1-12H3,(H,75,95)(H,76,96)(H,77,87)(H,78,88)(H,79,89)(H,80,90)(H,81,91)(H,82,92)(H,83,93)(H,84,94)/t49-,50-,51-,52-,53+,54+,55+,56+,57-,58-,59-,60-/m0/s1. The molecule has 2 aromatic carbocycles. The quantitative estimate of drug-likeness (QED) is 0.0906. The Morgan fingerprint density at radius 2 is 0.612 bits per heavy atom. The summed E-state index contributed by atoms with van der Waals surface area (Å²) in [5.74, 6) is -9.99. The van der Waals surface area contributed by atoms with Crippen LogP contribution in [0.4, 0.5) is 0 Å². The van der Waals surface area contributed by atoms with E-state index in [0.29, 0.717) is 24.0 Å². The van der Waals surface area contributed by atoms with Crippen LogP contribution in [0, 0.1) is 35.5 Å². The molecule has 26 nitrogen and oxygen atoms in total. The van der Waals surface area contributed by atoms with Crippen molar-refractivity contribution in [3.63, 3.8) is 0 Å². The summed E-state index contributed by atoms with van der Waals surface area (Å²) in [6.07, 6.45) is 2.25. The van der Waals surface area contributed by atoms with Gasteiger partial charge in [0.25, 0.3) is 0 Å². The van der Waals surface area contributed by atoms with Gasteiger partial charge >= 0.3 is 0 Å². The van der Waals surface area contributed by atoms with Gasteiger partial charge in [-0.1, -0.05) is 144 Å². The molecule has 0 radical (unpaired) electrons. The van der Waals surface area contributed by atoms with Gasteiger partial charge in [-0.15, -0.1) is 0 Å². The van der Waals surface area contributed by atoms with Crippen LogP contribution in [0.25, 0.3) is 0 Å². The average molecular weight is 1370 g/mol. The van der Waals surface area contributed by atoms with Gasteiger partial charge in [0.15, 0.2) is 0 Å². The Labute approximate surface area is 579 Å². The summed E-state index contributed by atoms with van der Waals surface area (Å²) in [4.78, 5) is 180. The minimum atomic E-state index is -1.26. The van der Waals surface area contributed by atoms with Crippen molar-refractivity contribution >= 4 is 70.9 Å². The highest BCUT2D eigenvalue weighted by molar-refractivity contribution is 6.00. The molecule has 3 saturated heterocycles. The molecule has 0 spiro atoms. The molecule has 12 amide bonds. The lowest BCUT2D eigenvalue weighted by Gasteiger charge is -2.32. The molecule has 0 aliphatic carbocycles. The van der Waals surface area contributed by atoms with Crippen molar-refractivity contribution in [2.45, 2.75) is 245 Å². The lowest BCUT2D eigenvalue weighted by atomic mass is 9.98. The van der Waals surface area contributed by atoms with Crippen molar-refractivity contribution in [1.29, 1.82) is 0 Å². The number of benzene rings is 2. The van der Waals surface area contributed by atoms with Crippen molar-refractivity contribution in [3.05, 3.63) is 71.8 Å². The molecule has 3 aliphatic rings. The first-order chi connectivity index (χ1) is 46.4. The summed E-state index contributed by atoms with van der Waals surface area (Å²) >= 11 is 0. The lowest BCUT2D eigenvalue weighted by molar-refractivity contribution is -0.143. The van der Waals surface area contributed by atoms with Crippen LogP contribution >= 0.6 is 0 Å². The minimum absolute atomic E-state index is 0.00693. The third-order valence-electron chi connectivity index (χ3n) is 18.0. The van der Waals surface area contributed by atoms with Crippen molar-refractivity contribution in [3.8, 4) is 0 Å². The van der Waals surface area contributed by atoms with E-state index < -0.39 is 155 Å². The maximum absolute atomic E-state index is 15.1. The molecule has 0 unspecified atom stereocenters. The molecule has 3 fully saturated rings. The van der Waals surface area contributed by atoms with Gasteiger partial charge in [-0.3, -0.25) is 57.5 Å². The summed E-state index contributed by atoms with van der Waals surface area (Å²) in [7, 11) is 0. The monoisotopic (exact) mass is 1370 g/mol. The van der Waals surface area contributed by atoms with E-state index in [0.717, 1.165) is 0 Å². The number of amides is 12. The fourth-order valence-electron chi connectivity index (χ4n) is 12.8. The van der Waals surface area contributed by atoms with Crippen molar-refractivity contribution < 1.29 is 57.5 Å². The Morgan fingerprint density at radius 1 is 0.347 bits per heavy atom. The molecule has 98 heavy (non-hydrogen) atoms. The third kappa shape index (κ3) is 24.8. The Balaban J connectivity index is 1.61. The molecule has 26 heteroatoms. The smallest absolute Gasteiger partial charge is 0.246 e. The predicted molar refractivity (Wildman–Crippen MR) is 373 cm³/mol.